The summed E-state index contributed by atoms with van der Waals surface area (Å²) in [5.74, 6) is -0.117. The van der Waals surface area contributed by atoms with Gasteiger partial charge in [-0.2, -0.15) is 0 Å². The largest absolute Gasteiger partial charge is 1.00 e. The van der Waals surface area contributed by atoms with Gasteiger partial charge in [0.05, 0.1) is 0 Å². The molecule has 0 fully saturated rings. The van der Waals surface area contributed by atoms with Crippen molar-refractivity contribution in [2.75, 3.05) is 0 Å². The van der Waals surface area contributed by atoms with Crippen molar-refractivity contribution in [2.24, 2.45) is 0 Å². The van der Waals surface area contributed by atoms with Gasteiger partial charge in [-0.15, -0.1) is 0 Å². The third-order valence-corrected chi connectivity index (χ3v) is 1.15. The SMILES string of the molecule is [K+].[O-]c1ccccc1Cl. The Balaban J connectivity index is 0.000000640. The number of para-hydroxylation sites is 1. The van der Waals surface area contributed by atoms with E-state index in [0.717, 1.165) is 0 Å². The monoisotopic (exact) mass is 166 g/mol. The maximum atomic E-state index is 10.5. The van der Waals surface area contributed by atoms with Crippen molar-refractivity contribution in [1.82, 2.24) is 0 Å². The van der Waals surface area contributed by atoms with E-state index in [-0.39, 0.29) is 62.2 Å². The second kappa shape index (κ2) is 4.71. The Kier molecular flexibility index (Phi) is 5.21. The quantitative estimate of drug-likeness (QED) is 0.427. The van der Waals surface area contributed by atoms with E-state index in [9.17, 15) is 5.11 Å². The van der Waals surface area contributed by atoms with Gasteiger partial charge in [0, 0.05) is 5.02 Å². The molecule has 0 N–H and O–H groups in total. The van der Waals surface area contributed by atoms with Crippen LogP contribution >= 0.6 is 11.6 Å². The number of rotatable bonds is 0. The second-order valence-electron chi connectivity index (χ2n) is 1.43. The van der Waals surface area contributed by atoms with Gasteiger partial charge in [-0.05, 0) is 6.07 Å². The first kappa shape index (κ1) is 9.95. The molecule has 0 spiro atoms. The molecular formula is C6H4ClKO. The van der Waals surface area contributed by atoms with Crippen LogP contribution in [-0.2, 0) is 0 Å². The molecule has 0 bridgehead atoms. The Morgan fingerprint density at radius 2 is 1.78 bits per heavy atom. The molecule has 3 heteroatoms. The van der Waals surface area contributed by atoms with Crippen LogP contribution in [0.5, 0.6) is 5.75 Å². The van der Waals surface area contributed by atoms with E-state index in [1.807, 2.05) is 0 Å². The zero-order valence-electron chi connectivity index (χ0n) is 5.10. The molecule has 0 saturated carbocycles. The molecule has 0 aliphatic rings. The molecule has 0 aliphatic heterocycles. The molecule has 42 valence electrons. The van der Waals surface area contributed by atoms with Crippen LogP contribution in [0, 0.1) is 0 Å². The first-order valence-corrected chi connectivity index (χ1v) is 2.60. The maximum absolute atomic E-state index is 10.5. The van der Waals surface area contributed by atoms with Crippen molar-refractivity contribution in [2.45, 2.75) is 0 Å². The summed E-state index contributed by atoms with van der Waals surface area (Å²) in [6.07, 6.45) is 0. The summed E-state index contributed by atoms with van der Waals surface area (Å²) < 4.78 is 0. The number of benzene rings is 1. The van der Waals surface area contributed by atoms with Gasteiger partial charge in [-0.3, -0.25) is 0 Å². The van der Waals surface area contributed by atoms with Crippen molar-refractivity contribution < 1.29 is 56.5 Å². The van der Waals surface area contributed by atoms with Gasteiger partial charge in [0.15, 0.2) is 0 Å². The smallest absolute Gasteiger partial charge is 0.871 e. The van der Waals surface area contributed by atoms with Gasteiger partial charge < -0.3 is 5.11 Å². The van der Waals surface area contributed by atoms with Crippen LogP contribution in [0.1, 0.15) is 0 Å². The number of hydrogen-bond acceptors (Lipinski definition) is 1. The van der Waals surface area contributed by atoms with E-state index in [1.165, 1.54) is 6.07 Å². The molecule has 1 rings (SSSR count). The van der Waals surface area contributed by atoms with Crippen molar-refractivity contribution in [3.8, 4) is 5.75 Å². The summed E-state index contributed by atoms with van der Waals surface area (Å²) >= 11 is 5.40. The first-order valence-electron chi connectivity index (χ1n) is 2.22. The molecule has 1 aromatic carbocycles. The van der Waals surface area contributed by atoms with Gasteiger partial charge in [0.2, 0.25) is 0 Å². The molecule has 0 saturated heterocycles. The summed E-state index contributed by atoms with van der Waals surface area (Å²) in [6.45, 7) is 0. The number of halogens is 1. The molecule has 1 nitrogen and oxygen atoms in total. The fraction of sp³-hybridized carbons (Fsp3) is 0. The predicted molar refractivity (Wildman–Crippen MR) is 30.9 cm³/mol. The summed E-state index contributed by atoms with van der Waals surface area (Å²) in [4.78, 5) is 0. The van der Waals surface area contributed by atoms with E-state index in [1.54, 1.807) is 18.2 Å². The van der Waals surface area contributed by atoms with E-state index in [4.69, 9.17) is 11.6 Å². The van der Waals surface area contributed by atoms with Crippen molar-refractivity contribution >= 4 is 11.6 Å². The van der Waals surface area contributed by atoms with Gasteiger partial charge in [-0.25, -0.2) is 0 Å². The molecule has 1 aromatic rings. The minimum atomic E-state index is -0.117. The van der Waals surface area contributed by atoms with Crippen molar-refractivity contribution in [1.29, 1.82) is 0 Å². The molecule has 0 amide bonds. The van der Waals surface area contributed by atoms with Gasteiger partial charge in [-0.1, -0.05) is 35.5 Å². The summed E-state index contributed by atoms with van der Waals surface area (Å²) in [5.41, 5.74) is 0. The maximum Gasteiger partial charge on any atom is 1.00 e. The van der Waals surface area contributed by atoms with Crippen molar-refractivity contribution in [3.63, 3.8) is 0 Å². The molecule has 0 atom stereocenters. The summed E-state index contributed by atoms with van der Waals surface area (Å²) in [5, 5.41) is 10.8. The van der Waals surface area contributed by atoms with E-state index in [2.05, 4.69) is 0 Å². The standard InChI is InChI=1S/C6H5ClO.K/c7-5-3-1-2-4-6(5)8;/h1-4,8H;/q;+1/p-1. The molecule has 0 unspecified atom stereocenters. The molecule has 0 aliphatic carbocycles. The second-order valence-corrected chi connectivity index (χ2v) is 1.84. The Morgan fingerprint density at radius 1 is 1.22 bits per heavy atom. The fourth-order valence-corrected chi connectivity index (χ4v) is 0.580. The normalized spacial score (nSPS) is 8.11. The van der Waals surface area contributed by atoms with Gasteiger partial charge in [0.25, 0.3) is 0 Å². The average molecular weight is 167 g/mol. The fourth-order valence-electron chi connectivity index (χ4n) is 0.445. The van der Waals surface area contributed by atoms with Crippen LogP contribution < -0.4 is 56.5 Å². The third kappa shape index (κ3) is 3.02. The minimum absolute atomic E-state index is 0. The molecule has 0 aromatic heterocycles. The molecule has 9 heavy (non-hydrogen) atoms. The minimum Gasteiger partial charge on any atom is -0.871 e. The van der Waals surface area contributed by atoms with Crippen LogP contribution in [-0.4, -0.2) is 0 Å². The van der Waals surface area contributed by atoms with Gasteiger partial charge >= 0.3 is 51.4 Å². The van der Waals surface area contributed by atoms with Crippen LogP contribution in [0.15, 0.2) is 24.3 Å². The zero-order valence-corrected chi connectivity index (χ0v) is 8.97. The zero-order chi connectivity index (χ0) is 5.98. The molecule has 0 radical (unpaired) electrons. The van der Waals surface area contributed by atoms with Crippen LogP contribution in [0.25, 0.3) is 0 Å². The van der Waals surface area contributed by atoms with E-state index < -0.39 is 0 Å². The Morgan fingerprint density at radius 3 is 2.11 bits per heavy atom. The Hall–Kier alpha value is 0.946. The van der Waals surface area contributed by atoms with E-state index in [0.29, 0.717) is 0 Å². The van der Waals surface area contributed by atoms with Crippen LogP contribution in [0.2, 0.25) is 5.02 Å². The van der Waals surface area contributed by atoms with Crippen LogP contribution in [0.3, 0.4) is 0 Å². The average Bonchev–Trinajstić information content (AvgIpc) is 1.77. The van der Waals surface area contributed by atoms with Gasteiger partial charge in [0.1, 0.15) is 0 Å². The topological polar surface area (TPSA) is 23.1 Å². The van der Waals surface area contributed by atoms with Crippen molar-refractivity contribution in [3.05, 3.63) is 29.3 Å². The Labute approximate surface area is 101 Å². The summed E-state index contributed by atoms with van der Waals surface area (Å²) in [6, 6.07) is 6.39. The predicted octanol–water partition coefficient (Wildman–Crippen LogP) is -1.58. The molecular weight excluding hydrogens is 163 g/mol. The van der Waals surface area contributed by atoms with E-state index >= 15 is 0 Å². The third-order valence-electron chi connectivity index (χ3n) is 0.837. The Bertz CT molecular complexity index is 169. The van der Waals surface area contributed by atoms with Crippen LogP contribution in [0.4, 0.5) is 0 Å². The first-order chi connectivity index (χ1) is 3.80. The number of hydrogen-bond donors (Lipinski definition) is 0. The molecule has 0 heterocycles. The summed E-state index contributed by atoms with van der Waals surface area (Å²) in [7, 11) is 0.